The van der Waals surface area contributed by atoms with Gasteiger partial charge in [0.25, 0.3) is 0 Å². The monoisotopic (exact) mass is 294 g/mol. The van der Waals surface area contributed by atoms with Gasteiger partial charge in [0.15, 0.2) is 0 Å². The summed E-state index contributed by atoms with van der Waals surface area (Å²) in [6, 6.07) is -0.874. The van der Waals surface area contributed by atoms with E-state index in [-0.39, 0.29) is 24.1 Å². The number of rotatable bonds is 6. The molecule has 0 aromatic heterocycles. The quantitative estimate of drug-likeness (QED) is 0.403. The molecule has 19 heavy (non-hydrogen) atoms. The van der Waals surface area contributed by atoms with Crippen LogP contribution in [0.25, 0.3) is 0 Å². The molecule has 0 aromatic carbocycles. The van der Waals surface area contributed by atoms with E-state index in [1.807, 2.05) is 0 Å². The molecule has 2 amide bonds. The Balaban J connectivity index is 0. The summed E-state index contributed by atoms with van der Waals surface area (Å²) in [5, 5.41) is 20.8. The van der Waals surface area contributed by atoms with Crippen LogP contribution in [0.4, 0.5) is 0 Å². The molecular formula is C10H18N2O6S. The number of carbonyl (C=O) groups excluding carboxylic acids is 2. The number of carboxylic acids is 2. The Morgan fingerprint density at radius 2 is 1.74 bits per heavy atom. The van der Waals surface area contributed by atoms with Crippen LogP contribution in [0.3, 0.4) is 0 Å². The number of aliphatic carboxylic acids is 2. The normalized spacial score (nSPS) is 10.5. The molecule has 0 saturated heterocycles. The maximum absolute atomic E-state index is 10.3. The number of carboxylic acid groups (broad SMARTS) is 2. The first-order valence-electron chi connectivity index (χ1n) is 5.33. The van der Waals surface area contributed by atoms with Crippen LogP contribution in [-0.4, -0.2) is 52.3 Å². The number of amides is 2. The topological polar surface area (TPSA) is 133 Å². The van der Waals surface area contributed by atoms with Gasteiger partial charge in [-0.1, -0.05) is 6.92 Å². The Labute approximate surface area is 116 Å². The van der Waals surface area contributed by atoms with Crippen molar-refractivity contribution in [3.05, 3.63) is 0 Å². The zero-order chi connectivity index (χ0) is 15.4. The molecule has 8 nitrogen and oxygen atoms in total. The molecule has 0 fully saturated rings. The SMILES string of the molecule is CC(=O)NC(CS)C(=O)O.CCC(=O)NCC(=O)O. The predicted octanol–water partition coefficient (Wildman–Crippen LogP) is -0.897. The summed E-state index contributed by atoms with van der Waals surface area (Å²) >= 11 is 3.73. The van der Waals surface area contributed by atoms with Gasteiger partial charge in [-0.25, -0.2) is 4.79 Å². The van der Waals surface area contributed by atoms with Crippen molar-refractivity contribution in [1.29, 1.82) is 0 Å². The standard InChI is InChI=1S/C5H9NO3S.C5H9NO3/c1-3(7)6-4(2-10)5(8)9;1-2-4(7)6-3-5(8)9/h4,10H,2H2,1H3,(H,6,7)(H,8,9);2-3H2,1H3,(H,6,7)(H,8,9). The summed E-state index contributed by atoms with van der Waals surface area (Å²) in [6.45, 7) is 2.64. The van der Waals surface area contributed by atoms with Gasteiger partial charge in [0, 0.05) is 19.1 Å². The zero-order valence-electron chi connectivity index (χ0n) is 10.7. The third kappa shape index (κ3) is 14.2. The second-order valence-corrected chi connectivity index (χ2v) is 3.66. The molecule has 0 rings (SSSR count). The highest BCUT2D eigenvalue weighted by atomic mass is 32.1. The van der Waals surface area contributed by atoms with E-state index >= 15 is 0 Å². The van der Waals surface area contributed by atoms with Crippen LogP contribution in [0, 0.1) is 0 Å². The molecule has 1 atom stereocenters. The average molecular weight is 294 g/mol. The lowest BCUT2D eigenvalue weighted by Crippen LogP contribution is -2.40. The fourth-order valence-electron chi connectivity index (χ4n) is 0.730. The van der Waals surface area contributed by atoms with E-state index in [0.29, 0.717) is 6.42 Å². The maximum Gasteiger partial charge on any atom is 0.327 e. The van der Waals surface area contributed by atoms with Gasteiger partial charge in [0.1, 0.15) is 12.6 Å². The summed E-state index contributed by atoms with van der Waals surface area (Å²) in [4.78, 5) is 40.7. The summed E-state index contributed by atoms with van der Waals surface area (Å²) in [7, 11) is 0. The Morgan fingerprint density at radius 3 is 1.95 bits per heavy atom. The number of hydrogen-bond acceptors (Lipinski definition) is 5. The van der Waals surface area contributed by atoms with Gasteiger partial charge in [-0.2, -0.15) is 12.6 Å². The molecule has 0 spiro atoms. The molecule has 0 aromatic rings. The third-order valence-electron chi connectivity index (χ3n) is 1.62. The van der Waals surface area contributed by atoms with Crippen molar-refractivity contribution >= 4 is 36.4 Å². The Hall–Kier alpha value is -1.77. The minimum absolute atomic E-state index is 0.106. The van der Waals surface area contributed by atoms with E-state index in [9.17, 15) is 19.2 Å². The van der Waals surface area contributed by atoms with E-state index in [2.05, 4.69) is 23.3 Å². The second kappa shape index (κ2) is 11.3. The molecule has 110 valence electrons. The molecule has 0 saturated carbocycles. The lowest BCUT2D eigenvalue weighted by Gasteiger charge is -2.08. The summed E-state index contributed by atoms with van der Waals surface area (Å²) in [5.41, 5.74) is 0. The average Bonchev–Trinajstić information content (AvgIpc) is 2.33. The first-order chi connectivity index (χ1) is 8.74. The van der Waals surface area contributed by atoms with Gasteiger partial charge in [-0.3, -0.25) is 14.4 Å². The molecular weight excluding hydrogens is 276 g/mol. The minimum atomic E-state index is -1.06. The van der Waals surface area contributed by atoms with E-state index in [4.69, 9.17) is 10.2 Å². The van der Waals surface area contributed by atoms with Crippen LogP contribution in [0.1, 0.15) is 20.3 Å². The van der Waals surface area contributed by atoms with Gasteiger partial charge in [0.05, 0.1) is 0 Å². The highest BCUT2D eigenvalue weighted by Crippen LogP contribution is 1.86. The first-order valence-corrected chi connectivity index (χ1v) is 5.97. The second-order valence-electron chi connectivity index (χ2n) is 3.30. The van der Waals surface area contributed by atoms with Crippen molar-refractivity contribution in [1.82, 2.24) is 10.6 Å². The molecule has 4 N–H and O–H groups in total. The van der Waals surface area contributed by atoms with E-state index < -0.39 is 18.0 Å². The van der Waals surface area contributed by atoms with Crippen molar-refractivity contribution < 1.29 is 29.4 Å². The molecule has 1 unspecified atom stereocenters. The van der Waals surface area contributed by atoms with Crippen LogP contribution < -0.4 is 10.6 Å². The summed E-state index contributed by atoms with van der Waals surface area (Å²) < 4.78 is 0. The van der Waals surface area contributed by atoms with E-state index in [1.54, 1.807) is 6.92 Å². The molecule has 0 aliphatic rings. The largest absolute Gasteiger partial charge is 0.480 e. The molecule has 0 aliphatic heterocycles. The van der Waals surface area contributed by atoms with Crippen molar-refractivity contribution in [2.24, 2.45) is 0 Å². The molecule has 0 heterocycles. The number of thiol groups is 1. The zero-order valence-corrected chi connectivity index (χ0v) is 11.6. The first kappa shape index (κ1) is 19.6. The highest BCUT2D eigenvalue weighted by molar-refractivity contribution is 7.80. The van der Waals surface area contributed by atoms with Crippen molar-refractivity contribution in [2.75, 3.05) is 12.3 Å². The maximum atomic E-state index is 10.3. The Morgan fingerprint density at radius 1 is 1.21 bits per heavy atom. The van der Waals surface area contributed by atoms with Gasteiger partial charge in [0.2, 0.25) is 11.8 Å². The van der Waals surface area contributed by atoms with Crippen molar-refractivity contribution in [3.63, 3.8) is 0 Å². The fraction of sp³-hybridized carbons (Fsp3) is 0.600. The Kier molecular flexibility index (Phi) is 11.7. The van der Waals surface area contributed by atoms with E-state index in [0.717, 1.165) is 0 Å². The smallest absolute Gasteiger partial charge is 0.327 e. The number of carbonyl (C=O) groups is 4. The summed E-state index contributed by atoms with van der Waals surface area (Å²) in [5.74, 6) is -2.57. The van der Waals surface area contributed by atoms with Gasteiger partial charge < -0.3 is 20.8 Å². The number of nitrogens with one attached hydrogen (secondary N) is 2. The van der Waals surface area contributed by atoms with Crippen molar-refractivity contribution in [2.45, 2.75) is 26.3 Å². The van der Waals surface area contributed by atoms with Crippen LogP contribution in [0.15, 0.2) is 0 Å². The number of hydrogen-bond donors (Lipinski definition) is 5. The minimum Gasteiger partial charge on any atom is -0.480 e. The van der Waals surface area contributed by atoms with Crippen LogP contribution in [0.5, 0.6) is 0 Å². The molecule has 0 aliphatic carbocycles. The summed E-state index contributed by atoms with van der Waals surface area (Å²) in [6.07, 6.45) is 0.327. The highest BCUT2D eigenvalue weighted by Gasteiger charge is 2.15. The molecule has 9 heteroatoms. The van der Waals surface area contributed by atoms with Gasteiger partial charge >= 0.3 is 11.9 Å². The molecule has 0 bridgehead atoms. The fourth-order valence-corrected chi connectivity index (χ4v) is 0.978. The van der Waals surface area contributed by atoms with Crippen LogP contribution in [0.2, 0.25) is 0 Å². The van der Waals surface area contributed by atoms with Gasteiger partial charge in [-0.15, -0.1) is 0 Å². The third-order valence-corrected chi connectivity index (χ3v) is 1.98. The van der Waals surface area contributed by atoms with Gasteiger partial charge in [-0.05, 0) is 0 Å². The van der Waals surface area contributed by atoms with E-state index in [1.165, 1.54) is 6.92 Å². The lowest BCUT2D eigenvalue weighted by atomic mass is 10.3. The van der Waals surface area contributed by atoms with Crippen LogP contribution >= 0.6 is 12.6 Å². The Bertz CT molecular complexity index is 334. The predicted molar refractivity (Wildman–Crippen MR) is 70.0 cm³/mol. The van der Waals surface area contributed by atoms with Crippen molar-refractivity contribution in [3.8, 4) is 0 Å². The lowest BCUT2D eigenvalue weighted by molar-refractivity contribution is -0.140. The van der Waals surface area contributed by atoms with Crippen LogP contribution in [-0.2, 0) is 19.2 Å². The molecule has 0 radical (unpaired) electrons.